The van der Waals surface area contributed by atoms with Crippen molar-refractivity contribution in [2.45, 2.75) is 38.6 Å². The van der Waals surface area contributed by atoms with Gasteiger partial charge < -0.3 is 19.8 Å². The highest BCUT2D eigenvalue weighted by molar-refractivity contribution is 6.46. The minimum atomic E-state index is -0.859. The summed E-state index contributed by atoms with van der Waals surface area (Å²) in [6.45, 7) is 2.68. The molecule has 1 aliphatic heterocycles. The second kappa shape index (κ2) is 10.6. The Hall–Kier alpha value is -3.61. The molecule has 0 radical (unpaired) electrons. The van der Waals surface area contributed by atoms with E-state index in [4.69, 9.17) is 9.84 Å². The van der Waals surface area contributed by atoms with Gasteiger partial charge in [-0.2, -0.15) is 0 Å². The van der Waals surface area contributed by atoms with Gasteiger partial charge in [0.25, 0.3) is 11.7 Å². The summed E-state index contributed by atoms with van der Waals surface area (Å²) in [6.07, 6.45) is 1.73. The van der Waals surface area contributed by atoms with Crippen LogP contribution in [-0.2, 0) is 14.4 Å². The monoisotopic (exact) mass is 437 g/mol. The van der Waals surface area contributed by atoms with Crippen LogP contribution in [-0.4, -0.2) is 45.9 Å². The zero-order valence-electron chi connectivity index (χ0n) is 18.0. The zero-order chi connectivity index (χ0) is 23.1. The predicted octanol–water partition coefficient (Wildman–Crippen LogP) is 4.15. The predicted molar refractivity (Wildman–Crippen MR) is 119 cm³/mol. The molecule has 2 N–H and O–H groups in total. The zero-order valence-corrected chi connectivity index (χ0v) is 18.0. The summed E-state index contributed by atoms with van der Waals surface area (Å²) in [7, 11) is 0. The van der Waals surface area contributed by atoms with Crippen LogP contribution in [0.1, 0.15) is 49.8 Å². The number of ether oxygens (including phenoxy) is 1. The van der Waals surface area contributed by atoms with E-state index in [0.717, 1.165) is 0 Å². The van der Waals surface area contributed by atoms with Gasteiger partial charge in [0.05, 0.1) is 18.2 Å². The van der Waals surface area contributed by atoms with Crippen molar-refractivity contribution in [1.82, 2.24) is 4.90 Å². The van der Waals surface area contributed by atoms with Crippen LogP contribution in [0.4, 0.5) is 0 Å². The van der Waals surface area contributed by atoms with Crippen molar-refractivity contribution in [3.63, 3.8) is 0 Å². The van der Waals surface area contributed by atoms with E-state index in [9.17, 15) is 19.5 Å². The lowest BCUT2D eigenvalue weighted by Crippen LogP contribution is -2.30. The van der Waals surface area contributed by atoms with Crippen LogP contribution >= 0.6 is 0 Å². The molecule has 2 aromatic rings. The van der Waals surface area contributed by atoms with Crippen molar-refractivity contribution in [3.05, 3.63) is 71.3 Å². The first-order valence-corrected chi connectivity index (χ1v) is 10.7. The van der Waals surface area contributed by atoms with Gasteiger partial charge in [0.2, 0.25) is 0 Å². The molecule has 0 aliphatic carbocycles. The topological polar surface area (TPSA) is 104 Å². The molecule has 1 saturated heterocycles. The van der Waals surface area contributed by atoms with E-state index in [0.29, 0.717) is 42.7 Å². The molecule has 1 amide bonds. The maximum absolute atomic E-state index is 13.0. The maximum Gasteiger partial charge on any atom is 0.303 e. The third-order valence-corrected chi connectivity index (χ3v) is 5.38. The van der Waals surface area contributed by atoms with Crippen molar-refractivity contribution in [1.29, 1.82) is 0 Å². The first kappa shape index (κ1) is 23.1. The molecule has 1 aliphatic rings. The average molecular weight is 437 g/mol. The molecular formula is C25H27NO6. The van der Waals surface area contributed by atoms with E-state index in [1.54, 1.807) is 54.6 Å². The molecule has 7 nitrogen and oxygen atoms in total. The molecule has 3 rings (SSSR count). The lowest BCUT2D eigenvalue weighted by molar-refractivity contribution is -0.140. The van der Waals surface area contributed by atoms with E-state index >= 15 is 0 Å². The van der Waals surface area contributed by atoms with E-state index in [1.807, 2.05) is 6.92 Å². The van der Waals surface area contributed by atoms with E-state index in [1.165, 1.54) is 4.90 Å². The SMILES string of the molecule is CCOc1ccc(C2/C(=C(\O)c3ccccc3)C(=O)C(=O)N2CCCCCC(=O)O)cc1. The Bertz CT molecular complexity index is 997. The number of likely N-dealkylation sites (tertiary alicyclic amines) is 1. The Labute approximate surface area is 186 Å². The standard InChI is InChI=1S/C25H27NO6/c1-2-32-19-14-12-17(13-15-19)22-21(23(29)18-9-5-3-6-10-18)24(30)25(31)26(22)16-8-4-7-11-20(27)28/h3,5-6,9-10,12-15,22,29H,2,4,7-8,11,16H2,1H3,(H,27,28)/b23-21+. The van der Waals surface area contributed by atoms with Gasteiger partial charge in [0, 0.05) is 18.5 Å². The van der Waals surface area contributed by atoms with Crippen LogP contribution in [0.5, 0.6) is 5.75 Å². The van der Waals surface area contributed by atoms with Crippen LogP contribution in [0.3, 0.4) is 0 Å². The quantitative estimate of drug-likeness (QED) is 0.250. The van der Waals surface area contributed by atoms with Crippen molar-refractivity contribution in [3.8, 4) is 5.75 Å². The molecule has 1 heterocycles. The Morgan fingerprint density at radius 3 is 2.28 bits per heavy atom. The Balaban J connectivity index is 1.95. The number of hydrogen-bond donors (Lipinski definition) is 2. The second-order valence-electron chi connectivity index (χ2n) is 7.56. The van der Waals surface area contributed by atoms with Gasteiger partial charge in [-0.1, -0.05) is 48.9 Å². The highest BCUT2D eigenvalue weighted by atomic mass is 16.5. The van der Waals surface area contributed by atoms with Crippen LogP contribution in [0, 0.1) is 0 Å². The molecule has 1 unspecified atom stereocenters. The summed E-state index contributed by atoms with van der Waals surface area (Å²) in [5, 5.41) is 19.8. The average Bonchev–Trinajstić information content (AvgIpc) is 3.04. The summed E-state index contributed by atoms with van der Waals surface area (Å²) in [4.78, 5) is 38.0. The number of unbranched alkanes of at least 4 members (excludes halogenated alkanes) is 2. The van der Waals surface area contributed by atoms with Crippen LogP contribution in [0.2, 0.25) is 0 Å². The number of aliphatic carboxylic acids is 1. The molecular weight excluding hydrogens is 410 g/mol. The molecule has 0 spiro atoms. The summed E-state index contributed by atoms with van der Waals surface area (Å²) < 4.78 is 5.49. The lowest BCUT2D eigenvalue weighted by Gasteiger charge is -2.25. The molecule has 0 aromatic heterocycles. The minimum Gasteiger partial charge on any atom is -0.507 e. The van der Waals surface area contributed by atoms with Gasteiger partial charge in [-0.3, -0.25) is 14.4 Å². The molecule has 1 atom stereocenters. The molecule has 0 bridgehead atoms. The fourth-order valence-electron chi connectivity index (χ4n) is 3.86. The third-order valence-electron chi connectivity index (χ3n) is 5.38. The number of carbonyl (C=O) groups excluding carboxylic acids is 2. The van der Waals surface area contributed by atoms with Crippen LogP contribution < -0.4 is 4.74 Å². The second-order valence-corrected chi connectivity index (χ2v) is 7.56. The number of Topliss-reactive ketones (excluding diaryl/α,β-unsaturated/α-hetero) is 1. The van der Waals surface area contributed by atoms with Gasteiger partial charge >= 0.3 is 5.97 Å². The van der Waals surface area contributed by atoms with Gasteiger partial charge in [-0.05, 0) is 37.5 Å². The fourth-order valence-corrected chi connectivity index (χ4v) is 3.86. The number of hydrogen-bond acceptors (Lipinski definition) is 5. The highest BCUT2D eigenvalue weighted by Crippen LogP contribution is 2.40. The van der Waals surface area contributed by atoms with Gasteiger partial charge in [-0.25, -0.2) is 0 Å². The number of ketones is 1. The Kier molecular flexibility index (Phi) is 7.65. The number of carbonyl (C=O) groups is 3. The van der Waals surface area contributed by atoms with Crippen molar-refractivity contribution < 1.29 is 29.3 Å². The minimum absolute atomic E-state index is 0.0518. The van der Waals surface area contributed by atoms with E-state index < -0.39 is 23.7 Å². The molecule has 32 heavy (non-hydrogen) atoms. The first-order chi connectivity index (χ1) is 15.4. The number of carboxylic acid groups (broad SMARTS) is 1. The summed E-state index contributed by atoms with van der Waals surface area (Å²) >= 11 is 0. The van der Waals surface area contributed by atoms with Gasteiger partial charge in [0.1, 0.15) is 11.5 Å². The molecule has 7 heteroatoms. The molecule has 1 fully saturated rings. The summed E-state index contributed by atoms with van der Waals surface area (Å²) in [6, 6.07) is 15.1. The number of carboxylic acids is 1. The van der Waals surface area contributed by atoms with Crippen molar-refractivity contribution in [2.75, 3.05) is 13.2 Å². The number of aliphatic hydroxyl groups is 1. The van der Waals surface area contributed by atoms with Crippen LogP contribution in [0.25, 0.3) is 5.76 Å². The number of benzene rings is 2. The summed E-state index contributed by atoms with van der Waals surface area (Å²) in [5.41, 5.74) is 1.20. The highest BCUT2D eigenvalue weighted by Gasteiger charge is 2.45. The van der Waals surface area contributed by atoms with Crippen molar-refractivity contribution in [2.24, 2.45) is 0 Å². The van der Waals surface area contributed by atoms with Gasteiger partial charge in [0.15, 0.2) is 0 Å². The maximum atomic E-state index is 13.0. The van der Waals surface area contributed by atoms with E-state index in [2.05, 4.69) is 0 Å². The fraction of sp³-hybridized carbons (Fsp3) is 0.320. The van der Waals surface area contributed by atoms with Crippen LogP contribution in [0.15, 0.2) is 60.2 Å². The lowest BCUT2D eigenvalue weighted by atomic mass is 9.95. The van der Waals surface area contributed by atoms with E-state index in [-0.39, 0.29) is 24.3 Å². The molecule has 0 saturated carbocycles. The normalized spacial score (nSPS) is 17.5. The Morgan fingerprint density at radius 2 is 1.66 bits per heavy atom. The number of amides is 1. The first-order valence-electron chi connectivity index (χ1n) is 10.7. The largest absolute Gasteiger partial charge is 0.507 e. The number of rotatable bonds is 10. The number of aliphatic hydroxyl groups excluding tert-OH is 1. The summed E-state index contributed by atoms with van der Waals surface area (Å²) in [5.74, 6) is -1.79. The Morgan fingerprint density at radius 1 is 0.969 bits per heavy atom. The smallest absolute Gasteiger partial charge is 0.303 e. The number of nitrogens with zero attached hydrogens (tertiary/aromatic N) is 1. The van der Waals surface area contributed by atoms with Gasteiger partial charge in [-0.15, -0.1) is 0 Å². The molecule has 168 valence electrons. The third kappa shape index (κ3) is 5.17. The molecule has 2 aromatic carbocycles. The van der Waals surface area contributed by atoms with Crippen molar-refractivity contribution >= 4 is 23.4 Å².